The van der Waals surface area contributed by atoms with Gasteiger partial charge in [0, 0.05) is 10.6 Å². The lowest BCUT2D eigenvalue weighted by atomic mass is 10.2. The minimum atomic E-state index is -3.86. The van der Waals surface area contributed by atoms with Gasteiger partial charge < -0.3 is 5.11 Å². The number of benzene rings is 3. The van der Waals surface area contributed by atoms with Gasteiger partial charge >= 0.3 is 5.97 Å². The normalized spacial score (nSPS) is 11.1. The summed E-state index contributed by atoms with van der Waals surface area (Å²) >= 11 is 1.49. The van der Waals surface area contributed by atoms with Crippen LogP contribution in [0.3, 0.4) is 0 Å². The first-order valence-electron chi connectivity index (χ1n) is 8.08. The van der Waals surface area contributed by atoms with Crippen molar-refractivity contribution in [3.8, 4) is 0 Å². The fourth-order valence-electron chi connectivity index (χ4n) is 2.42. The van der Waals surface area contributed by atoms with Crippen LogP contribution < -0.4 is 4.72 Å². The molecule has 0 unspecified atom stereocenters. The first-order valence-corrected chi connectivity index (χ1v) is 10.5. The zero-order valence-electron chi connectivity index (χ0n) is 14.2. The molecule has 0 bridgehead atoms. The zero-order chi connectivity index (χ0) is 19.3. The molecule has 0 atom stereocenters. The van der Waals surface area contributed by atoms with E-state index in [9.17, 15) is 18.3 Å². The molecule has 7 heteroatoms. The van der Waals surface area contributed by atoms with E-state index in [1.807, 2.05) is 30.3 Å². The molecule has 0 saturated carbocycles. The molecule has 0 radical (unpaired) electrons. The van der Waals surface area contributed by atoms with E-state index in [0.29, 0.717) is 5.75 Å². The summed E-state index contributed by atoms with van der Waals surface area (Å²) in [6.07, 6.45) is 0. The minimum absolute atomic E-state index is 0.0374. The standard InChI is InChI=1S/C20H17NO4S2/c22-20(23)18-13-16(26-14-15-7-3-1-4-8-15)11-12-19(18)21-27(24,25)17-9-5-2-6-10-17/h1-13,21H,14H2,(H,22,23). The number of aromatic carboxylic acids is 1. The highest BCUT2D eigenvalue weighted by molar-refractivity contribution is 7.98. The topological polar surface area (TPSA) is 83.5 Å². The molecule has 5 nitrogen and oxygen atoms in total. The largest absolute Gasteiger partial charge is 0.478 e. The maximum Gasteiger partial charge on any atom is 0.337 e. The van der Waals surface area contributed by atoms with Crippen molar-refractivity contribution in [2.75, 3.05) is 4.72 Å². The van der Waals surface area contributed by atoms with Crippen molar-refractivity contribution in [2.45, 2.75) is 15.5 Å². The van der Waals surface area contributed by atoms with Crippen LogP contribution in [0.4, 0.5) is 5.69 Å². The molecule has 0 aliphatic heterocycles. The van der Waals surface area contributed by atoms with E-state index in [0.717, 1.165) is 10.5 Å². The van der Waals surface area contributed by atoms with Crippen molar-refractivity contribution in [1.82, 2.24) is 0 Å². The van der Waals surface area contributed by atoms with Crippen LogP contribution in [0.2, 0.25) is 0 Å². The number of hydrogen-bond donors (Lipinski definition) is 2. The molecule has 3 rings (SSSR count). The molecule has 27 heavy (non-hydrogen) atoms. The summed E-state index contributed by atoms with van der Waals surface area (Å²) in [5.74, 6) is -0.502. The average Bonchev–Trinajstić information content (AvgIpc) is 2.68. The second-order valence-electron chi connectivity index (χ2n) is 5.71. The summed E-state index contributed by atoms with van der Waals surface area (Å²) in [6, 6.07) is 22.3. The minimum Gasteiger partial charge on any atom is -0.478 e. The second kappa shape index (κ2) is 8.28. The van der Waals surface area contributed by atoms with Crippen LogP contribution in [0.15, 0.2) is 88.7 Å². The molecule has 0 spiro atoms. The van der Waals surface area contributed by atoms with Crippen molar-refractivity contribution in [3.63, 3.8) is 0 Å². The molecule has 3 aromatic carbocycles. The summed E-state index contributed by atoms with van der Waals surface area (Å²) in [5, 5.41) is 9.50. The molecule has 0 amide bonds. The molecule has 0 aliphatic rings. The third kappa shape index (κ3) is 4.90. The van der Waals surface area contributed by atoms with Crippen molar-refractivity contribution in [3.05, 3.63) is 90.0 Å². The highest BCUT2D eigenvalue weighted by atomic mass is 32.2. The third-order valence-corrected chi connectivity index (χ3v) is 6.21. The van der Waals surface area contributed by atoms with Gasteiger partial charge in [-0.05, 0) is 35.9 Å². The van der Waals surface area contributed by atoms with E-state index in [4.69, 9.17) is 0 Å². The molecule has 0 fully saturated rings. The average molecular weight is 399 g/mol. The third-order valence-electron chi connectivity index (χ3n) is 3.77. The number of rotatable bonds is 7. The number of sulfonamides is 1. The van der Waals surface area contributed by atoms with Gasteiger partial charge in [0.2, 0.25) is 0 Å². The fraction of sp³-hybridized carbons (Fsp3) is 0.0500. The van der Waals surface area contributed by atoms with Crippen molar-refractivity contribution in [2.24, 2.45) is 0 Å². The zero-order valence-corrected chi connectivity index (χ0v) is 15.8. The number of carboxylic acids is 1. The van der Waals surface area contributed by atoms with Crippen molar-refractivity contribution >= 4 is 33.4 Å². The van der Waals surface area contributed by atoms with Gasteiger partial charge in [0.15, 0.2) is 0 Å². The number of thioether (sulfide) groups is 1. The van der Waals surface area contributed by atoms with Gasteiger partial charge in [0.05, 0.1) is 16.1 Å². The lowest BCUT2D eigenvalue weighted by Crippen LogP contribution is -2.15. The number of carbonyl (C=O) groups is 1. The Balaban J connectivity index is 1.83. The molecular weight excluding hydrogens is 382 g/mol. The SMILES string of the molecule is O=C(O)c1cc(SCc2ccccc2)ccc1NS(=O)(=O)c1ccccc1. The van der Waals surface area contributed by atoms with Gasteiger partial charge in [0.25, 0.3) is 10.0 Å². The van der Waals surface area contributed by atoms with Gasteiger partial charge in [-0.15, -0.1) is 11.8 Å². The van der Waals surface area contributed by atoms with E-state index in [1.165, 1.54) is 36.0 Å². The Morgan fingerprint density at radius 2 is 1.56 bits per heavy atom. The Labute approximate surface area is 162 Å². The Hall–Kier alpha value is -2.77. The Bertz CT molecular complexity index is 1040. The smallest absolute Gasteiger partial charge is 0.337 e. The van der Waals surface area contributed by atoms with Crippen LogP contribution in [0.1, 0.15) is 15.9 Å². The molecular formula is C20H17NO4S2. The number of nitrogens with one attached hydrogen (secondary N) is 1. The van der Waals surface area contributed by atoms with Gasteiger partial charge in [-0.3, -0.25) is 4.72 Å². The van der Waals surface area contributed by atoms with Crippen LogP contribution in [-0.4, -0.2) is 19.5 Å². The summed E-state index contributed by atoms with van der Waals surface area (Å²) in [6.45, 7) is 0. The van der Waals surface area contributed by atoms with Crippen molar-refractivity contribution in [1.29, 1.82) is 0 Å². The molecule has 0 heterocycles. The van der Waals surface area contributed by atoms with Gasteiger partial charge in [-0.2, -0.15) is 0 Å². The predicted molar refractivity (Wildman–Crippen MR) is 107 cm³/mol. The monoisotopic (exact) mass is 399 g/mol. The second-order valence-corrected chi connectivity index (χ2v) is 8.44. The fourth-order valence-corrected chi connectivity index (χ4v) is 4.42. The van der Waals surface area contributed by atoms with Crippen molar-refractivity contribution < 1.29 is 18.3 Å². The quantitative estimate of drug-likeness (QED) is 0.573. The summed E-state index contributed by atoms with van der Waals surface area (Å²) < 4.78 is 27.3. The summed E-state index contributed by atoms with van der Waals surface area (Å²) in [4.78, 5) is 12.4. The number of hydrogen-bond acceptors (Lipinski definition) is 4. The number of carboxylic acid groups (broad SMARTS) is 1. The van der Waals surface area contributed by atoms with Crippen LogP contribution in [0.25, 0.3) is 0 Å². The molecule has 0 aliphatic carbocycles. The molecule has 3 aromatic rings. The molecule has 2 N–H and O–H groups in total. The van der Waals surface area contributed by atoms with Crippen LogP contribution in [0, 0.1) is 0 Å². The first-order chi connectivity index (χ1) is 13.0. The van der Waals surface area contributed by atoms with Gasteiger partial charge in [-0.25, -0.2) is 13.2 Å². The number of anilines is 1. The first kappa shape index (κ1) is 19.0. The molecule has 0 aromatic heterocycles. The highest BCUT2D eigenvalue weighted by Crippen LogP contribution is 2.28. The highest BCUT2D eigenvalue weighted by Gasteiger charge is 2.18. The maximum absolute atomic E-state index is 12.5. The van der Waals surface area contributed by atoms with E-state index < -0.39 is 16.0 Å². The van der Waals surface area contributed by atoms with E-state index in [2.05, 4.69) is 4.72 Å². The Morgan fingerprint density at radius 1 is 0.926 bits per heavy atom. The molecule has 138 valence electrons. The van der Waals surface area contributed by atoms with Gasteiger partial charge in [0.1, 0.15) is 0 Å². The van der Waals surface area contributed by atoms with Gasteiger partial charge in [-0.1, -0.05) is 48.5 Å². The lowest BCUT2D eigenvalue weighted by molar-refractivity contribution is 0.0698. The molecule has 0 saturated heterocycles. The maximum atomic E-state index is 12.5. The van der Waals surface area contributed by atoms with Crippen LogP contribution in [-0.2, 0) is 15.8 Å². The van der Waals surface area contributed by atoms with E-state index >= 15 is 0 Å². The van der Waals surface area contributed by atoms with Crippen LogP contribution >= 0.6 is 11.8 Å². The predicted octanol–water partition coefficient (Wildman–Crippen LogP) is 4.48. The Morgan fingerprint density at radius 3 is 2.19 bits per heavy atom. The van der Waals surface area contributed by atoms with E-state index in [-0.39, 0.29) is 16.1 Å². The Kier molecular flexibility index (Phi) is 5.83. The van der Waals surface area contributed by atoms with E-state index in [1.54, 1.807) is 24.3 Å². The summed E-state index contributed by atoms with van der Waals surface area (Å²) in [7, 11) is -3.86. The summed E-state index contributed by atoms with van der Waals surface area (Å²) in [5.41, 5.74) is 1.07. The van der Waals surface area contributed by atoms with Crippen LogP contribution in [0.5, 0.6) is 0 Å². The lowest BCUT2D eigenvalue weighted by Gasteiger charge is -2.12.